The first kappa shape index (κ1) is 12.5. The molecule has 0 saturated carbocycles. The van der Waals surface area contributed by atoms with Crippen molar-refractivity contribution in [2.45, 2.75) is 58.9 Å². The Morgan fingerprint density at radius 3 is 2.33 bits per heavy atom. The van der Waals surface area contributed by atoms with Gasteiger partial charge in [-0.15, -0.1) is 0 Å². The van der Waals surface area contributed by atoms with Gasteiger partial charge in [-0.3, -0.25) is 5.01 Å². The molecule has 1 unspecified atom stereocenters. The van der Waals surface area contributed by atoms with Crippen molar-refractivity contribution in [3.63, 3.8) is 0 Å². The van der Waals surface area contributed by atoms with Gasteiger partial charge in [0, 0.05) is 0 Å². The van der Waals surface area contributed by atoms with E-state index in [9.17, 15) is 0 Å². The normalized spacial score (nSPS) is 19.9. The zero-order valence-corrected chi connectivity index (χ0v) is 10.7. The summed E-state index contributed by atoms with van der Waals surface area (Å²) in [5, 5.41) is 10.5. The molecule has 1 aliphatic heterocycles. The minimum Gasteiger partial charge on any atom is -0.271 e. The van der Waals surface area contributed by atoms with Crippen LogP contribution in [0, 0.1) is 5.92 Å². The lowest BCUT2D eigenvalue weighted by Crippen LogP contribution is -2.43. The monoisotopic (exact) mass is 211 g/mol. The van der Waals surface area contributed by atoms with E-state index >= 15 is 0 Å². The summed E-state index contributed by atoms with van der Waals surface area (Å²) < 4.78 is 0. The van der Waals surface area contributed by atoms with Crippen LogP contribution >= 0.6 is 0 Å². The Morgan fingerprint density at radius 1 is 1.27 bits per heavy atom. The Balaban J connectivity index is 2.62. The molecule has 15 heavy (non-hydrogen) atoms. The lowest BCUT2D eigenvalue weighted by molar-refractivity contribution is 0.0865. The van der Waals surface area contributed by atoms with Gasteiger partial charge < -0.3 is 0 Å². The maximum atomic E-state index is 4.26. The first-order valence-corrected chi connectivity index (χ1v) is 6.31. The van der Waals surface area contributed by atoms with Gasteiger partial charge in [0.05, 0.1) is 18.6 Å². The minimum absolute atomic E-state index is 0.219. The first-order chi connectivity index (χ1) is 7.16. The van der Waals surface area contributed by atoms with E-state index in [4.69, 9.17) is 0 Å². The second-order valence-corrected chi connectivity index (χ2v) is 4.81. The fraction of sp³-hybridized carbons (Fsp3) is 1.00. The van der Waals surface area contributed by atoms with Crippen LogP contribution in [0.2, 0.25) is 0 Å². The summed E-state index contributed by atoms with van der Waals surface area (Å²) in [6.07, 6.45) is 4.95. The van der Waals surface area contributed by atoms with Crippen LogP contribution in [0.4, 0.5) is 0 Å². The van der Waals surface area contributed by atoms with Crippen LogP contribution in [0.15, 0.2) is 10.3 Å². The van der Waals surface area contributed by atoms with Crippen LogP contribution in [0.5, 0.6) is 0 Å². The molecule has 88 valence electrons. The molecule has 1 atom stereocenters. The Morgan fingerprint density at radius 2 is 1.93 bits per heavy atom. The fourth-order valence-corrected chi connectivity index (χ4v) is 2.31. The van der Waals surface area contributed by atoms with E-state index in [-0.39, 0.29) is 5.54 Å². The van der Waals surface area contributed by atoms with E-state index in [1.165, 1.54) is 19.3 Å². The zero-order valence-electron chi connectivity index (χ0n) is 10.7. The van der Waals surface area contributed by atoms with E-state index in [0.29, 0.717) is 0 Å². The van der Waals surface area contributed by atoms with E-state index in [2.05, 4.69) is 43.0 Å². The molecule has 3 heteroatoms. The van der Waals surface area contributed by atoms with Gasteiger partial charge in [0.15, 0.2) is 0 Å². The van der Waals surface area contributed by atoms with Gasteiger partial charge in [0.25, 0.3) is 0 Å². The van der Waals surface area contributed by atoms with Crippen LogP contribution in [-0.4, -0.2) is 23.6 Å². The first-order valence-electron chi connectivity index (χ1n) is 6.31. The minimum atomic E-state index is 0.219. The van der Waals surface area contributed by atoms with Gasteiger partial charge in [-0.2, -0.15) is 5.11 Å². The van der Waals surface area contributed by atoms with E-state index in [1.54, 1.807) is 0 Å². The van der Waals surface area contributed by atoms with Crippen LogP contribution in [0.25, 0.3) is 0 Å². The van der Waals surface area contributed by atoms with Crippen molar-refractivity contribution in [3.8, 4) is 0 Å². The third-order valence-corrected chi connectivity index (χ3v) is 3.85. The van der Waals surface area contributed by atoms with Crippen molar-refractivity contribution in [1.82, 2.24) is 5.01 Å². The molecule has 0 aromatic heterocycles. The Bertz CT molecular complexity index is 211. The third kappa shape index (κ3) is 2.93. The van der Waals surface area contributed by atoms with Crippen molar-refractivity contribution in [2.24, 2.45) is 16.3 Å². The molecular formula is C12H25N3. The van der Waals surface area contributed by atoms with Crippen molar-refractivity contribution in [3.05, 3.63) is 0 Å². The Hall–Kier alpha value is -0.600. The third-order valence-electron chi connectivity index (χ3n) is 3.85. The average molecular weight is 211 g/mol. The molecule has 0 saturated heterocycles. The molecule has 0 aromatic rings. The summed E-state index contributed by atoms with van der Waals surface area (Å²) in [5.74, 6) is 0.825. The van der Waals surface area contributed by atoms with Crippen molar-refractivity contribution >= 4 is 0 Å². The molecule has 0 aromatic carbocycles. The summed E-state index contributed by atoms with van der Waals surface area (Å²) in [5.41, 5.74) is 0.219. The highest BCUT2D eigenvalue weighted by Gasteiger charge is 2.33. The van der Waals surface area contributed by atoms with Gasteiger partial charge in [-0.05, 0) is 25.7 Å². The zero-order chi connectivity index (χ0) is 11.3. The summed E-state index contributed by atoms with van der Waals surface area (Å²) in [6.45, 7) is 11.0. The molecule has 1 aliphatic rings. The number of hydrogen-bond donors (Lipinski definition) is 0. The van der Waals surface area contributed by atoms with Crippen LogP contribution < -0.4 is 0 Å². The highest BCUT2D eigenvalue weighted by atomic mass is 15.6. The van der Waals surface area contributed by atoms with Gasteiger partial charge in [0.2, 0.25) is 0 Å². The number of rotatable bonds is 6. The molecule has 0 bridgehead atoms. The SMILES string of the molecule is CCC(CC)CC(C)(CC)N1CCN=N1. The Kier molecular flexibility index (Phi) is 4.55. The fourth-order valence-electron chi connectivity index (χ4n) is 2.31. The average Bonchev–Trinajstić information content (AvgIpc) is 2.79. The van der Waals surface area contributed by atoms with Gasteiger partial charge in [-0.1, -0.05) is 38.8 Å². The van der Waals surface area contributed by atoms with Crippen LogP contribution in [0.1, 0.15) is 53.4 Å². The van der Waals surface area contributed by atoms with E-state index in [1.807, 2.05) is 0 Å². The van der Waals surface area contributed by atoms with Gasteiger partial charge in [-0.25, -0.2) is 0 Å². The van der Waals surface area contributed by atoms with Crippen molar-refractivity contribution in [2.75, 3.05) is 13.1 Å². The standard InChI is InChI=1S/C12H25N3/c1-5-11(6-2)10-12(4,7-3)15-9-8-13-14-15/h11H,5-10H2,1-4H3. The van der Waals surface area contributed by atoms with E-state index in [0.717, 1.165) is 25.4 Å². The molecule has 3 nitrogen and oxygen atoms in total. The second-order valence-electron chi connectivity index (χ2n) is 4.81. The smallest absolute Gasteiger partial charge is 0.0813 e. The molecule has 0 spiro atoms. The summed E-state index contributed by atoms with van der Waals surface area (Å²) in [4.78, 5) is 0. The molecule has 0 aliphatic carbocycles. The lowest BCUT2D eigenvalue weighted by Gasteiger charge is -2.38. The van der Waals surface area contributed by atoms with Crippen molar-refractivity contribution < 1.29 is 0 Å². The highest BCUT2D eigenvalue weighted by molar-refractivity contribution is 4.86. The number of hydrogen-bond acceptors (Lipinski definition) is 3. The summed E-state index contributed by atoms with van der Waals surface area (Å²) in [7, 11) is 0. The molecular weight excluding hydrogens is 186 g/mol. The van der Waals surface area contributed by atoms with E-state index < -0.39 is 0 Å². The maximum absolute atomic E-state index is 4.26. The van der Waals surface area contributed by atoms with Crippen LogP contribution in [-0.2, 0) is 0 Å². The Labute approximate surface area is 93.9 Å². The molecule has 0 amide bonds. The highest BCUT2D eigenvalue weighted by Crippen LogP contribution is 2.31. The quantitative estimate of drug-likeness (QED) is 0.659. The predicted octanol–water partition coefficient (Wildman–Crippen LogP) is 3.66. The number of nitrogens with zero attached hydrogens (tertiary/aromatic N) is 3. The molecule has 0 fully saturated rings. The molecule has 1 heterocycles. The second kappa shape index (κ2) is 5.47. The topological polar surface area (TPSA) is 28.0 Å². The van der Waals surface area contributed by atoms with Crippen LogP contribution in [0.3, 0.4) is 0 Å². The molecule has 0 N–H and O–H groups in total. The largest absolute Gasteiger partial charge is 0.271 e. The lowest BCUT2D eigenvalue weighted by atomic mass is 9.83. The summed E-state index contributed by atoms with van der Waals surface area (Å²) in [6, 6.07) is 0. The van der Waals surface area contributed by atoms with Crippen molar-refractivity contribution in [1.29, 1.82) is 0 Å². The maximum Gasteiger partial charge on any atom is 0.0813 e. The molecule has 1 rings (SSSR count). The molecule has 0 radical (unpaired) electrons. The summed E-state index contributed by atoms with van der Waals surface area (Å²) >= 11 is 0. The predicted molar refractivity (Wildman–Crippen MR) is 63.8 cm³/mol. The van der Waals surface area contributed by atoms with Gasteiger partial charge >= 0.3 is 0 Å². The van der Waals surface area contributed by atoms with Gasteiger partial charge in [0.1, 0.15) is 0 Å².